The monoisotopic (exact) mass is 321 g/mol. The van der Waals surface area contributed by atoms with Crippen molar-refractivity contribution in [2.24, 2.45) is 15.4 Å². The van der Waals surface area contributed by atoms with Gasteiger partial charge in [0.2, 0.25) is 0 Å². The molecule has 0 saturated carbocycles. The lowest BCUT2D eigenvalue weighted by Gasteiger charge is -2.32. The second kappa shape index (κ2) is 6.56. The second-order valence-corrected chi connectivity index (χ2v) is 6.87. The van der Waals surface area contributed by atoms with E-state index in [4.69, 9.17) is 4.84 Å². The van der Waals surface area contributed by atoms with E-state index in [1.54, 1.807) is 7.11 Å². The third kappa shape index (κ3) is 3.37. The predicted molar refractivity (Wildman–Crippen MR) is 97.6 cm³/mol. The minimum absolute atomic E-state index is 0.134. The van der Waals surface area contributed by atoms with Gasteiger partial charge >= 0.3 is 0 Å². The van der Waals surface area contributed by atoms with E-state index in [0.29, 0.717) is 0 Å². The Morgan fingerprint density at radius 3 is 2.33 bits per heavy atom. The van der Waals surface area contributed by atoms with Crippen molar-refractivity contribution in [3.8, 4) is 0 Å². The van der Waals surface area contributed by atoms with Gasteiger partial charge in [-0.25, -0.2) is 0 Å². The summed E-state index contributed by atoms with van der Waals surface area (Å²) in [4.78, 5) is 5.02. The molecule has 0 amide bonds. The Balaban J connectivity index is 1.95. The van der Waals surface area contributed by atoms with Gasteiger partial charge in [-0.3, -0.25) is 0 Å². The first-order valence-electron chi connectivity index (χ1n) is 8.23. The van der Waals surface area contributed by atoms with Gasteiger partial charge in [-0.15, -0.1) is 0 Å². The fraction of sp³-hybridized carbons (Fsp3) is 0.350. The highest BCUT2D eigenvalue weighted by molar-refractivity contribution is 6.03. The van der Waals surface area contributed by atoms with E-state index in [9.17, 15) is 0 Å². The first-order valence-corrected chi connectivity index (χ1v) is 8.23. The molecule has 0 bridgehead atoms. The maximum Gasteiger partial charge on any atom is 0.106 e. The lowest BCUT2D eigenvalue weighted by atomic mass is 9.72. The Hall–Kier alpha value is -2.49. The number of hydrogen-bond acceptors (Lipinski definition) is 4. The maximum atomic E-state index is 5.02. The van der Waals surface area contributed by atoms with Gasteiger partial charge in [-0.05, 0) is 55.0 Å². The van der Waals surface area contributed by atoms with Crippen LogP contribution in [0, 0.1) is 6.92 Å². The van der Waals surface area contributed by atoms with Crippen molar-refractivity contribution in [2.75, 3.05) is 7.11 Å². The topological polar surface area (TPSA) is 46.3 Å². The molecule has 0 unspecified atom stereocenters. The van der Waals surface area contributed by atoms with Crippen molar-refractivity contribution < 1.29 is 4.84 Å². The van der Waals surface area contributed by atoms with Crippen molar-refractivity contribution in [1.82, 2.24) is 0 Å². The Kier molecular flexibility index (Phi) is 4.47. The summed E-state index contributed by atoms with van der Waals surface area (Å²) >= 11 is 0. The molecule has 24 heavy (non-hydrogen) atoms. The number of aryl methyl sites for hydroxylation is 1. The standard InChI is InChI=1S/C20H23N3O/c1-14-5-7-15(8-6-14)21-22-16-9-10-18-17(13-16)19(23-24-4)11-12-20(18,2)3/h5-10,13H,11-12H2,1-4H3/b22-21?,23-19+. The van der Waals surface area contributed by atoms with Gasteiger partial charge in [0, 0.05) is 5.56 Å². The van der Waals surface area contributed by atoms with Gasteiger partial charge in [-0.2, -0.15) is 10.2 Å². The molecule has 124 valence electrons. The summed E-state index contributed by atoms with van der Waals surface area (Å²) in [5.74, 6) is 0. The molecule has 3 rings (SSSR count). The fourth-order valence-corrected chi connectivity index (χ4v) is 3.06. The SMILES string of the molecule is CO/N=C1\CCC(C)(C)c2ccc(N=Nc3ccc(C)cc3)cc21. The molecular weight excluding hydrogens is 298 g/mol. The van der Waals surface area contributed by atoms with Gasteiger partial charge in [0.1, 0.15) is 7.11 Å². The molecule has 0 spiro atoms. The van der Waals surface area contributed by atoms with Crippen LogP contribution in [0.4, 0.5) is 11.4 Å². The summed E-state index contributed by atoms with van der Waals surface area (Å²) in [7, 11) is 1.59. The lowest BCUT2D eigenvalue weighted by molar-refractivity contribution is 0.212. The molecule has 0 saturated heterocycles. The number of hydrogen-bond donors (Lipinski definition) is 0. The summed E-state index contributed by atoms with van der Waals surface area (Å²) in [6.45, 7) is 6.59. The molecule has 0 atom stereocenters. The number of rotatable bonds is 3. The Labute approximate surface area is 143 Å². The summed E-state index contributed by atoms with van der Waals surface area (Å²) in [6, 6.07) is 14.2. The average Bonchev–Trinajstić information content (AvgIpc) is 2.57. The van der Waals surface area contributed by atoms with Crippen LogP contribution in [-0.2, 0) is 10.3 Å². The molecule has 4 heteroatoms. The summed E-state index contributed by atoms with van der Waals surface area (Å²) in [5, 5.41) is 12.9. The molecule has 0 N–H and O–H groups in total. The number of azo groups is 1. The highest BCUT2D eigenvalue weighted by Gasteiger charge is 2.31. The maximum absolute atomic E-state index is 5.02. The summed E-state index contributed by atoms with van der Waals surface area (Å²) in [6.07, 6.45) is 1.97. The second-order valence-electron chi connectivity index (χ2n) is 6.87. The van der Waals surface area contributed by atoms with Crippen LogP contribution >= 0.6 is 0 Å². The molecule has 1 aliphatic rings. The van der Waals surface area contributed by atoms with E-state index in [0.717, 1.165) is 35.5 Å². The number of nitrogens with zero attached hydrogens (tertiary/aromatic N) is 3. The van der Waals surface area contributed by atoms with Crippen LogP contribution in [0.2, 0.25) is 0 Å². The minimum atomic E-state index is 0.134. The Morgan fingerprint density at radius 2 is 1.62 bits per heavy atom. The Bertz CT molecular complexity index is 789. The third-order valence-corrected chi connectivity index (χ3v) is 4.55. The van der Waals surface area contributed by atoms with Gasteiger partial charge < -0.3 is 4.84 Å². The van der Waals surface area contributed by atoms with Crippen molar-refractivity contribution in [3.63, 3.8) is 0 Å². The molecule has 4 nitrogen and oxygen atoms in total. The number of oxime groups is 1. The van der Waals surface area contributed by atoms with Crippen LogP contribution in [0.5, 0.6) is 0 Å². The first kappa shape index (κ1) is 16.4. The van der Waals surface area contributed by atoms with E-state index >= 15 is 0 Å². The van der Waals surface area contributed by atoms with Crippen LogP contribution in [0.1, 0.15) is 43.4 Å². The largest absolute Gasteiger partial charge is 0.399 e. The average molecular weight is 321 g/mol. The van der Waals surface area contributed by atoms with Crippen molar-refractivity contribution >= 4 is 17.1 Å². The fourth-order valence-electron chi connectivity index (χ4n) is 3.06. The smallest absolute Gasteiger partial charge is 0.106 e. The van der Waals surface area contributed by atoms with E-state index in [1.165, 1.54) is 11.1 Å². The molecule has 1 aliphatic carbocycles. The van der Waals surface area contributed by atoms with Crippen molar-refractivity contribution in [2.45, 2.75) is 39.0 Å². The van der Waals surface area contributed by atoms with E-state index in [-0.39, 0.29) is 5.41 Å². The lowest BCUT2D eigenvalue weighted by Crippen LogP contribution is -2.27. The van der Waals surface area contributed by atoms with E-state index < -0.39 is 0 Å². The van der Waals surface area contributed by atoms with Gasteiger partial charge in [0.25, 0.3) is 0 Å². The normalized spacial score (nSPS) is 17.9. The summed E-state index contributed by atoms with van der Waals surface area (Å²) in [5.41, 5.74) is 6.42. The zero-order valence-electron chi connectivity index (χ0n) is 14.7. The molecular formula is C20H23N3O. The number of benzene rings is 2. The minimum Gasteiger partial charge on any atom is -0.399 e. The van der Waals surface area contributed by atoms with Gasteiger partial charge in [0.15, 0.2) is 0 Å². The molecule has 0 aromatic heterocycles. The van der Waals surface area contributed by atoms with Crippen LogP contribution in [0.25, 0.3) is 0 Å². The highest BCUT2D eigenvalue weighted by atomic mass is 16.6. The van der Waals surface area contributed by atoms with E-state index in [1.807, 2.05) is 30.3 Å². The van der Waals surface area contributed by atoms with Crippen molar-refractivity contribution in [1.29, 1.82) is 0 Å². The Morgan fingerprint density at radius 1 is 0.958 bits per heavy atom. The number of fused-ring (bicyclic) bond motifs is 1. The van der Waals surface area contributed by atoms with Crippen molar-refractivity contribution in [3.05, 3.63) is 59.2 Å². The zero-order valence-corrected chi connectivity index (χ0v) is 14.7. The molecule has 2 aromatic rings. The van der Waals surface area contributed by atoms with E-state index in [2.05, 4.69) is 48.3 Å². The van der Waals surface area contributed by atoms with Crippen LogP contribution < -0.4 is 0 Å². The van der Waals surface area contributed by atoms with Crippen LogP contribution in [-0.4, -0.2) is 12.8 Å². The first-order chi connectivity index (χ1) is 11.5. The van der Waals surface area contributed by atoms with Crippen LogP contribution in [0.15, 0.2) is 57.8 Å². The molecule has 0 heterocycles. The molecule has 2 aromatic carbocycles. The van der Waals surface area contributed by atoms with Crippen LogP contribution in [0.3, 0.4) is 0 Å². The molecule has 0 radical (unpaired) electrons. The third-order valence-electron chi connectivity index (χ3n) is 4.55. The predicted octanol–water partition coefficient (Wildman–Crippen LogP) is 5.83. The zero-order chi connectivity index (χ0) is 17.2. The molecule has 0 fully saturated rings. The van der Waals surface area contributed by atoms with Gasteiger partial charge in [0.05, 0.1) is 17.1 Å². The van der Waals surface area contributed by atoms with Gasteiger partial charge in [-0.1, -0.05) is 42.8 Å². The quantitative estimate of drug-likeness (QED) is 0.518. The summed E-state index contributed by atoms with van der Waals surface area (Å²) < 4.78 is 0. The highest BCUT2D eigenvalue weighted by Crippen LogP contribution is 2.38. The molecule has 0 aliphatic heterocycles.